The van der Waals surface area contributed by atoms with Gasteiger partial charge in [0, 0.05) is 77.1 Å². The maximum absolute atomic E-state index is 13.4. The number of aliphatic hydroxyl groups is 2. The van der Waals surface area contributed by atoms with E-state index in [-0.39, 0.29) is 23.1 Å². The topological polar surface area (TPSA) is 124 Å². The maximum atomic E-state index is 13.4. The van der Waals surface area contributed by atoms with Crippen LogP contribution in [0, 0.1) is 0 Å². The number of aliphatic hydroxyl groups excluding tert-OH is 2. The molecule has 0 amide bonds. The third-order valence-corrected chi connectivity index (χ3v) is 16.6. The summed E-state index contributed by atoms with van der Waals surface area (Å²) in [7, 11) is 8.26. The van der Waals surface area contributed by atoms with Crippen molar-refractivity contribution in [2.75, 3.05) is 127 Å². The summed E-state index contributed by atoms with van der Waals surface area (Å²) in [5, 5.41) is 22.1. The van der Waals surface area contributed by atoms with Crippen LogP contribution in [-0.4, -0.2) is 129 Å². The highest BCUT2D eigenvalue weighted by atomic mass is 16.6. The molecule has 12 nitrogen and oxygen atoms in total. The molecule has 0 bridgehead atoms. The molecule has 4 aromatic rings. The Balaban J connectivity index is 0.753. The lowest BCUT2D eigenvalue weighted by Crippen LogP contribution is -2.28. The predicted molar refractivity (Wildman–Crippen MR) is 340 cm³/mol. The number of carbonyl (C=O) groups is 2. The molecule has 0 aromatic heterocycles. The van der Waals surface area contributed by atoms with Gasteiger partial charge in [-0.1, -0.05) is 178 Å². The Morgan fingerprint density at radius 2 is 0.573 bits per heavy atom. The van der Waals surface area contributed by atoms with Gasteiger partial charge in [-0.3, -0.25) is 9.59 Å². The lowest BCUT2D eigenvalue weighted by molar-refractivity contribution is -0.117. The van der Waals surface area contributed by atoms with E-state index in [1.807, 2.05) is 111 Å². The number of anilines is 4. The molecule has 0 aliphatic heterocycles. The predicted octanol–water partition coefficient (Wildman–Crippen LogP) is 15.3. The van der Waals surface area contributed by atoms with Crippen LogP contribution in [0.3, 0.4) is 0 Å². The van der Waals surface area contributed by atoms with Crippen LogP contribution in [0.15, 0.2) is 109 Å². The number of nitrogens with zero attached hydrogens (tertiary/aromatic N) is 4. The highest BCUT2D eigenvalue weighted by Crippen LogP contribution is 2.45. The van der Waals surface area contributed by atoms with Gasteiger partial charge in [0.2, 0.25) is 0 Å². The molecule has 2 atom stereocenters. The Bertz CT molecular complexity index is 2340. The second kappa shape index (κ2) is 36.8. The highest BCUT2D eigenvalue weighted by molar-refractivity contribution is 6.32. The quantitative estimate of drug-likeness (QED) is 0.0410. The molecule has 2 aliphatic rings. The van der Waals surface area contributed by atoms with Crippen LogP contribution >= 0.6 is 0 Å². The van der Waals surface area contributed by atoms with Gasteiger partial charge in [-0.2, -0.15) is 0 Å². The number of hydrogen-bond acceptors (Lipinski definition) is 12. The summed E-state index contributed by atoms with van der Waals surface area (Å²) < 4.78 is 23.0. The number of ether oxygens (including phenoxy) is 4. The van der Waals surface area contributed by atoms with Crippen molar-refractivity contribution in [2.24, 2.45) is 0 Å². The van der Waals surface area contributed by atoms with Crippen molar-refractivity contribution >= 4 is 45.5 Å². The molecule has 0 saturated carbocycles. The van der Waals surface area contributed by atoms with Crippen LogP contribution in [0.2, 0.25) is 0 Å². The number of ketones is 2. The number of Topliss-reactive ketones (excluding diaryl/α,β-unsaturated/α-hetero) is 2. The number of carbonyl (C=O) groups excluding carboxylic acids is 2. The third-order valence-electron chi connectivity index (χ3n) is 16.6. The molecule has 82 heavy (non-hydrogen) atoms. The van der Waals surface area contributed by atoms with Gasteiger partial charge in [-0.15, -0.1) is 0 Å². The SMILES string of the molecule is CCCCCCCCCCCCN(C)c1ccc(C2=C(O)C(c3ccc(N(C)CCOCCOCCOCCOCCN(C)c4ccc(C5C(=O)C(c6ccc(N(C)CCCCCCCCCCCC)cc6)=C5O)cc4)cc3)C2=O)cc1. The first-order chi connectivity index (χ1) is 40.0. The fourth-order valence-corrected chi connectivity index (χ4v) is 11.1. The number of likely N-dealkylation sites (N-methyl/N-ethyl adjacent to an activating group) is 2. The lowest BCUT2D eigenvalue weighted by Gasteiger charge is -2.29. The van der Waals surface area contributed by atoms with Crippen LogP contribution in [0.4, 0.5) is 22.7 Å². The molecular weight excluding hydrogens is 1020 g/mol. The minimum absolute atomic E-state index is 0.0488. The van der Waals surface area contributed by atoms with Gasteiger partial charge in [-0.05, 0) is 83.6 Å². The maximum Gasteiger partial charge on any atom is 0.181 e. The van der Waals surface area contributed by atoms with E-state index in [1.165, 1.54) is 128 Å². The number of rotatable bonds is 45. The molecule has 6 rings (SSSR count). The van der Waals surface area contributed by atoms with Gasteiger partial charge in [0.05, 0.1) is 64.0 Å². The summed E-state index contributed by atoms with van der Waals surface area (Å²) in [6.45, 7) is 11.9. The number of benzene rings is 4. The summed E-state index contributed by atoms with van der Waals surface area (Å²) in [4.78, 5) is 35.5. The van der Waals surface area contributed by atoms with Crippen molar-refractivity contribution in [3.05, 3.63) is 131 Å². The van der Waals surface area contributed by atoms with Gasteiger partial charge < -0.3 is 48.8 Å². The third kappa shape index (κ3) is 20.6. The van der Waals surface area contributed by atoms with E-state index < -0.39 is 11.8 Å². The summed E-state index contributed by atoms with van der Waals surface area (Å²) in [5.41, 5.74) is 8.19. The standard InChI is InChI=1S/C70H102N4O8/c1-7-9-11-13-15-17-19-21-23-25-43-71(3)59-35-27-55(28-36-59)63-67(75)65(68(63)76)57-31-39-61(40-32-57)73(5)45-47-79-49-51-81-53-54-82-52-50-80-48-46-74(6)62-41-33-58(34-42-62)66-69(77)64(70(66)78)56-29-37-60(38-30-56)72(4)44-26-24-22-20-18-16-14-12-10-8-2/h27-42,65-66,75,77H,7-26,43-54H2,1-6H3. The fraction of sp³-hybridized carbons (Fsp3) is 0.571. The summed E-state index contributed by atoms with van der Waals surface area (Å²) >= 11 is 0. The Morgan fingerprint density at radius 3 is 0.854 bits per heavy atom. The molecule has 2 aliphatic carbocycles. The zero-order valence-electron chi connectivity index (χ0n) is 51.2. The van der Waals surface area contributed by atoms with E-state index in [0.29, 0.717) is 77.1 Å². The Labute approximate surface area is 493 Å². The molecule has 0 radical (unpaired) electrons. The van der Waals surface area contributed by atoms with E-state index in [2.05, 4.69) is 47.5 Å². The average molecular weight is 1130 g/mol. The average Bonchev–Trinajstić information content (AvgIpc) is 3.69. The first-order valence-corrected chi connectivity index (χ1v) is 31.5. The number of unbranched alkanes of at least 4 members (excludes halogenated alkanes) is 18. The van der Waals surface area contributed by atoms with Crippen molar-refractivity contribution in [2.45, 2.75) is 154 Å². The van der Waals surface area contributed by atoms with Gasteiger partial charge in [0.1, 0.15) is 23.4 Å². The van der Waals surface area contributed by atoms with Crippen molar-refractivity contribution in [1.29, 1.82) is 0 Å². The minimum atomic E-state index is -0.629. The first kappa shape index (κ1) is 65.5. The second-order valence-corrected chi connectivity index (χ2v) is 22.9. The van der Waals surface area contributed by atoms with Gasteiger partial charge >= 0.3 is 0 Å². The van der Waals surface area contributed by atoms with Crippen molar-refractivity contribution in [3.63, 3.8) is 0 Å². The molecule has 2 unspecified atom stereocenters. The van der Waals surface area contributed by atoms with E-state index >= 15 is 0 Å². The fourth-order valence-electron chi connectivity index (χ4n) is 11.1. The zero-order chi connectivity index (χ0) is 58.3. The molecule has 450 valence electrons. The molecule has 0 fully saturated rings. The van der Waals surface area contributed by atoms with Crippen molar-refractivity contribution in [3.8, 4) is 0 Å². The lowest BCUT2D eigenvalue weighted by atomic mass is 9.75. The van der Waals surface area contributed by atoms with Crippen molar-refractivity contribution < 1.29 is 38.7 Å². The van der Waals surface area contributed by atoms with E-state index in [4.69, 9.17) is 18.9 Å². The normalized spacial score (nSPS) is 15.0. The van der Waals surface area contributed by atoms with Crippen LogP contribution in [-0.2, 0) is 28.5 Å². The molecule has 12 heteroatoms. The molecule has 4 aromatic carbocycles. The molecule has 0 spiro atoms. The Hall–Kier alpha value is -5.66. The molecule has 0 heterocycles. The smallest absolute Gasteiger partial charge is 0.181 e. The van der Waals surface area contributed by atoms with Gasteiger partial charge in [0.15, 0.2) is 11.6 Å². The largest absolute Gasteiger partial charge is 0.510 e. The van der Waals surface area contributed by atoms with Gasteiger partial charge in [-0.25, -0.2) is 0 Å². The number of allylic oxidation sites excluding steroid dienone is 4. The zero-order valence-corrected chi connectivity index (χ0v) is 51.2. The van der Waals surface area contributed by atoms with Crippen LogP contribution in [0.25, 0.3) is 11.1 Å². The highest BCUT2D eigenvalue weighted by Gasteiger charge is 2.42. The molecule has 0 saturated heterocycles. The summed E-state index contributed by atoms with van der Waals surface area (Å²) in [5.74, 6) is -1.08. The van der Waals surface area contributed by atoms with E-state index in [9.17, 15) is 19.8 Å². The molecular formula is C70H102N4O8. The summed E-state index contributed by atoms with van der Waals surface area (Å²) in [6.07, 6.45) is 26.5. The summed E-state index contributed by atoms with van der Waals surface area (Å²) in [6, 6.07) is 31.7. The number of hydrogen-bond donors (Lipinski definition) is 2. The minimum Gasteiger partial charge on any atom is -0.510 e. The van der Waals surface area contributed by atoms with Gasteiger partial charge in [0.25, 0.3) is 0 Å². The van der Waals surface area contributed by atoms with Crippen LogP contribution < -0.4 is 19.6 Å². The van der Waals surface area contributed by atoms with Crippen LogP contribution in [0.1, 0.15) is 176 Å². The van der Waals surface area contributed by atoms with E-state index in [1.54, 1.807) is 0 Å². The second-order valence-electron chi connectivity index (χ2n) is 22.9. The monoisotopic (exact) mass is 1130 g/mol. The first-order valence-electron chi connectivity index (χ1n) is 31.5. The Morgan fingerprint density at radius 1 is 0.329 bits per heavy atom. The van der Waals surface area contributed by atoms with E-state index in [0.717, 1.165) is 58.1 Å². The Kier molecular flexibility index (Phi) is 29.4. The molecule has 2 N–H and O–H groups in total. The van der Waals surface area contributed by atoms with Crippen LogP contribution in [0.5, 0.6) is 0 Å². The van der Waals surface area contributed by atoms with Crippen molar-refractivity contribution in [1.82, 2.24) is 0 Å².